The molecule has 0 bridgehead atoms. The highest BCUT2D eigenvalue weighted by Gasteiger charge is 2.18. The zero-order valence-corrected chi connectivity index (χ0v) is 21.2. The topological polar surface area (TPSA) is 93.1 Å². The zero-order chi connectivity index (χ0) is 26.1. The third-order valence-corrected chi connectivity index (χ3v) is 7.63. The smallest absolute Gasteiger partial charge is 0.206 e. The van der Waals surface area contributed by atoms with Crippen LogP contribution in [0.15, 0.2) is 107 Å². The maximum Gasteiger partial charge on any atom is 0.206 e. The van der Waals surface area contributed by atoms with Crippen molar-refractivity contribution in [1.29, 1.82) is 0 Å². The minimum atomic E-state index is -3.66. The first-order chi connectivity index (χ1) is 18.0. The second-order valence-electron chi connectivity index (χ2n) is 8.45. The van der Waals surface area contributed by atoms with E-state index in [0.717, 1.165) is 33.8 Å². The lowest BCUT2D eigenvalue weighted by molar-refractivity contribution is 0.233. The summed E-state index contributed by atoms with van der Waals surface area (Å²) in [4.78, 5) is 0.467. The number of hydrogen-bond acceptors (Lipinski definition) is 6. The van der Waals surface area contributed by atoms with E-state index in [1.165, 1.54) is 0 Å². The standard InChI is InChI=1S/C30H30O6S/c31-19-1-21-35-27-11-3-23(4-12-27)25-7-15-29(16-8-25)37(33,34)30-17-9-26(10-18-30)24-5-13-28(14-6-24)36-22-2-20-32/h3-18,31-32H,1-2,19-22H2. The van der Waals surface area contributed by atoms with E-state index in [4.69, 9.17) is 19.7 Å². The van der Waals surface area contributed by atoms with Gasteiger partial charge < -0.3 is 19.7 Å². The molecule has 0 atom stereocenters. The molecule has 0 aliphatic carbocycles. The van der Waals surface area contributed by atoms with Gasteiger partial charge in [-0.25, -0.2) is 8.42 Å². The summed E-state index contributed by atoms with van der Waals surface area (Å²) in [5.41, 5.74) is 3.71. The number of aliphatic hydroxyl groups excluding tert-OH is 2. The van der Waals surface area contributed by atoms with Gasteiger partial charge in [0, 0.05) is 26.1 Å². The predicted molar refractivity (Wildman–Crippen MR) is 144 cm³/mol. The number of hydrogen-bond donors (Lipinski definition) is 2. The highest BCUT2D eigenvalue weighted by atomic mass is 32.2. The van der Waals surface area contributed by atoms with Crippen molar-refractivity contribution >= 4 is 9.84 Å². The summed E-state index contributed by atoms with van der Waals surface area (Å²) in [6.45, 7) is 1.09. The van der Waals surface area contributed by atoms with Gasteiger partial charge in [0.25, 0.3) is 0 Å². The van der Waals surface area contributed by atoms with E-state index in [9.17, 15) is 8.42 Å². The molecule has 0 fully saturated rings. The van der Waals surface area contributed by atoms with Crippen LogP contribution in [0.3, 0.4) is 0 Å². The van der Waals surface area contributed by atoms with Crippen LogP contribution in [0.2, 0.25) is 0 Å². The molecule has 0 aromatic heterocycles. The molecule has 7 heteroatoms. The molecule has 37 heavy (non-hydrogen) atoms. The largest absolute Gasteiger partial charge is 0.494 e. The highest BCUT2D eigenvalue weighted by Crippen LogP contribution is 2.29. The fourth-order valence-electron chi connectivity index (χ4n) is 3.79. The van der Waals surface area contributed by atoms with Gasteiger partial charge in [0.05, 0.1) is 23.0 Å². The first-order valence-corrected chi connectivity index (χ1v) is 13.6. The minimum Gasteiger partial charge on any atom is -0.494 e. The van der Waals surface area contributed by atoms with E-state index >= 15 is 0 Å². The first kappa shape index (κ1) is 26.4. The summed E-state index contributed by atoms with van der Waals surface area (Å²) in [6.07, 6.45) is 1.16. The van der Waals surface area contributed by atoms with Crippen LogP contribution in [-0.4, -0.2) is 45.1 Å². The van der Waals surface area contributed by atoms with Crippen LogP contribution in [0.1, 0.15) is 12.8 Å². The Kier molecular flexibility index (Phi) is 8.95. The predicted octanol–water partition coefficient (Wildman–Crippen LogP) is 5.38. The van der Waals surface area contributed by atoms with Gasteiger partial charge in [-0.1, -0.05) is 48.5 Å². The van der Waals surface area contributed by atoms with Crippen molar-refractivity contribution in [2.45, 2.75) is 22.6 Å². The normalized spacial score (nSPS) is 11.3. The maximum atomic E-state index is 13.2. The molecular formula is C30H30O6S. The zero-order valence-electron chi connectivity index (χ0n) is 20.4. The van der Waals surface area contributed by atoms with Gasteiger partial charge in [-0.3, -0.25) is 0 Å². The Hall–Kier alpha value is -3.65. The van der Waals surface area contributed by atoms with Gasteiger partial charge in [-0.15, -0.1) is 0 Å². The molecular weight excluding hydrogens is 488 g/mol. The monoisotopic (exact) mass is 518 g/mol. The summed E-state index contributed by atoms with van der Waals surface area (Å²) >= 11 is 0. The number of rotatable bonds is 12. The summed E-state index contributed by atoms with van der Waals surface area (Å²) < 4.78 is 37.5. The molecule has 4 aromatic rings. The van der Waals surface area contributed by atoms with Crippen LogP contribution < -0.4 is 9.47 Å². The lowest BCUT2D eigenvalue weighted by atomic mass is 10.1. The summed E-state index contributed by atoms with van der Waals surface area (Å²) in [7, 11) is -3.66. The van der Waals surface area contributed by atoms with Crippen LogP contribution in [0, 0.1) is 0 Å². The van der Waals surface area contributed by atoms with Gasteiger partial charge in [0.1, 0.15) is 11.5 Å². The molecule has 0 aliphatic rings. The number of sulfone groups is 1. The molecule has 0 radical (unpaired) electrons. The van der Waals surface area contributed by atoms with Crippen molar-refractivity contribution in [2.24, 2.45) is 0 Å². The summed E-state index contributed by atoms with van der Waals surface area (Å²) in [5, 5.41) is 17.7. The molecule has 4 rings (SSSR count). The fraction of sp³-hybridized carbons (Fsp3) is 0.200. The Balaban J connectivity index is 1.44. The maximum absolute atomic E-state index is 13.2. The van der Waals surface area contributed by atoms with Gasteiger partial charge in [-0.05, 0) is 70.8 Å². The Morgan fingerprint density at radius 2 is 0.784 bits per heavy atom. The third kappa shape index (κ3) is 6.77. The van der Waals surface area contributed by atoms with E-state index in [-0.39, 0.29) is 23.0 Å². The molecule has 0 heterocycles. The van der Waals surface area contributed by atoms with Crippen LogP contribution in [0.5, 0.6) is 11.5 Å². The van der Waals surface area contributed by atoms with Gasteiger partial charge in [0.2, 0.25) is 9.84 Å². The Bertz CT molecular complexity index is 1260. The van der Waals surface area contributed by atoms with Crippen molar-refractivity contribution in [3.63, 3.8) is 0 Å². The third-order valence-electron chi connectivity index (χ3n) is 5.85. The molecule has 0 amide bonds. The van der Waals surface area contributed by atoms with Crippen molar-refractivity contribution in [1.82, 2.24) is 0 Å². The Labute approximate surface area is 217 Å². The average Bonchev–Trinajstić information content (AvgIpc) is 2.94. The van der Waals surface area contributed by atoms with E-state index in [2.05, 4.69) is 0 Å². The first-order valence-electron chi connectivity index (χ1n) is 12.1. The van der Waals surface area contributed by atoms with E-state index in [0.29, 0.717) is 26.1 Å². The number of ether oxygens (including phenoxy) is 2. The lowest BCUT2D eigenvalue weighted by Gasteiger charge is -2.09. The number of aliphatic hydroxyl groups is 2. The highest BCUT2D eigenvalue weighted by molar-refractivity contribution is 7.91. The van der Waals surface area contributed by atoms with Crippen molar-refractivity contribution < 1.29 is 28.1 Å². The Morgan fingerprint density at radius 3 is 1.08 bits per heavy atom. The minimum absolute atomic E-state index is 0.0917. The summed E-state index contributed by atoms with van der Waals surface area (Å²) in [6, 6.07) is 28.8. The Morgan fingerprint density at radius 1 is 0.486 bits per heavy atom. The molecule has 0 aliphatic heterocycles. The second kappa shape index (κ2) is 12.5. The SMILES string of the molecule is O=S(=O)(c1ccc(-c2ccc(OCCCO)cc2)cc1)c1ccc(-c2ccc(OCCCO)cc2)cc1. The lowest BCUT2D eigenvalue weighted by Crippen LogP contribution is -2.02. The molecule has 6 nitrogen and oxygen atoms in total. The molecule has 4 aromatic carbocycles. The molecule has 0 saturated carbocycles. The van der Waals surface area contributed by atoms with E-state index in [1.54, 1.807) is 48.5 Å². The molecule has 2 N–H and O–H groups in total. The van der Waals surface area contributed by atoms with Crippen molar-refractivity contribution in [3.8, 4) is 33.8 Å². The van der Waals surface area contributed by atoms with E-state index < -0.39 is 9.84 Å². The number of benzene rings is 4. The quantitative estimate of drug-likeness (QED) is 0.245. The molecule has 0 saturated heterocycles. The van der Waals surface area contributed by atoms with Crippen LogP contribution >= 0.6 is 0 Å². The van der Waals surface area contributed by atoms with Crippen LogP contribution in [0.4, 0.5) is 0 Å². The second-order valence-corrected chi connectivity index (χ2v) is 10.4. The molecule has 192 valence electrons. The van der Waals surface area contributed by atoms with E-state index in [1.807, 2.05) is 48.5 Å². The molecule has 0 unspecified atom stereocenters. The molecule has 0 spiro atoms. The average molecular weight is 519 g/mol. The van der Waals surface area contributed by atoms with Crippen LogP contribution in [-0.2, 0) is 9.84 Å². The van der Waals surface area contributed by atoms with Gasteiger partial charge in [-0.2, -0.15) is 0 Å². The van der Waals surface area contributed by atoms with Crippen LogP contribution in [0.25, 0.3) is 22.3 Å². The van der Waals surface area contributed by atoms with Crippen molar-refractivity contribution in [2.75, 3.05) is 26.4 Å². The van der Waals surface area contributed by atoms with Gasteiger partial charge in [0.15, 0.2) is 0 Å². The fourth-order valence-corrected chi connectivity index (χ4v) is 5.05. The summed E-state index contributed by atoms with van der Waals surface area (Å²) in [5.74, 6) is 1.45. The van der Waals surface area contributed by atoms with Crippen molar-refractivity contribution in [3.05, 3.63) is 97.1 Å². The van der Waals surface area contributed by atoms with Gasteiger partial charge >= 0.3 is 0 Å².